The van der Waals surface area contributed by atoms with Gasteiger partial charge < -0.3 is 4.74 Å². The fourth-order valence-electron chi connectivity index (χ4n) is 2.77. The largest absolute Gasteiger partial charge is 0.465 e. The van der Waals surface area contributed by atoms with Gasteiger partial charge in [0.2, 0.25) is 0 Å². The molecule has 4 aromatic rings. The van der Waals surface area contributed by atoms with Crippen LogP contribution in [0.4, 0.5) is 5.69 Å². The summed E-state index contributed by atoms with van der Waals surface area (Å²) in [5.41, 5.74) is 1.17. The number of aryl methyl sites for hydroxylation is 1. The van der Waals surface area contributed by atoms with Crippen molar-refractivity contribution >= 4 is 38.9 Å². The molecule has 1 atom stereocenters. The van der Waals surface area contributed by atoms with Crippen LogP contribution >= 0.6 is 11.3 Å². The van der Waals surface area contributed by atoms with E-state index in [4.69, 9.17) is 4.74 Å². The van der Waals surface area contributed by atoms with Crippen molar-refractivity contribution < 1.29 is 14.5 Å². The molecule has 138 valence electrons. The normalized spacial score (nSPS) is 12.6. The molecule has 0 aliphatic carbocycles. The van der Waals surface area contributed by atoms with Crippen molar-refractivity contribution in [3.63, 3.8) is 0 Å². The Balaban J connectivity index is 1.83. The summed E-state index contributed by atoms with van der Waals surface area (Å²) in [4.78, 5) is 32.3. The van der Waals surface area contributed by atoms with Gasteiger partial charge in [-0.15, -0.1) is 16.4 Å². The Morgan fingerprint density at radius 3 is 2.89 bits per heavy atom. The van der Waals surface area contributed by atoms with Crippen molar-refractivity contribution in [2.24, 2.45) is 0 Å². The van der Waals surface area contributed by atoms with E-state index in [1.807, 2.05) is 0 Å². The Bertz CT molecular complexity index is 1210. The fourth-order valence-corrected chi connectivity index (χ4v) is 3.83. The number of methoxy groups -OCH3 is 1. The predicted molar refractivity (Wildman–Crippen MR) is 94.9 cm³/mol. The highest BCUT2D eigenvalue weighted by Gasteiger charge is 2.23. The highest BCUT2D eigenvalue weighted by Crippen LogP contribution is 2.32. The number of aromatic nitrogens is 6. The lowest BCUT2D eigenvalue weighted by atomic mass is 10.2. The van der Waals surface area contributed by atoms with Crippen molar-refractivity contribution in [3.05, 3.63) is 45.1 Å². The summed E-state index contributed by atoms with van der Waals surface area (Å²) in [7, 11) is 1.33. The van der Waals surface area contributed by atoms with Gasteiger partial charge >= 0.3 is 11.7 Å². The maximum absolute atomic E-state index is 11.9. The summed E-state index contributed by atoms with van der Waals surface area (Å²) in [5, 5.41) is 20.0. The van der Waals surface area contributed by atoms with Gasteiger partial charge in [-0.25, -0.2) is 19.3 Å². The van der Waals surface area contributed by atoms with E-state index in [-0.39, 0.29) is 5.69 Å². The van der Waals surface area contributed by atoms with Crippen LogP contribution in [0.3, 0.4) is 0 Å². The van der Waals surface area contributed by atoms with E-state index in [1.54, 1.807) is 13.8 Å². The highest BCUT2D eigenvalue weighted by molar-refractivity contribution is 7.20. The number of hydrogen-bond acceptors (Lipinski definition) is 9. The van der Waals surface area contributed by atoms with Gasteiger partial charge in [-0.1, -0.05) is 0 Å². The second-order valence-corrected chi connectivity index (χ2v) is 6.82. The number of ether oxygens (including phenoxy) is 1. The number of hydrogen-bond donors (Lipinski definition) is 0. The topological polar surface area (TPSA) is 130 Å². The number of carbonyl (C=O) groups excluding carboxylic acids is 1. The van der Waals surface area contributed by atoms with Crippen LogP contribution in [0.5, 0.6) is 0 Å². The van der Waals surface area contributed by atoms with E-state index in [1.165, 1.54) is 46.4 Å². The van der Waals surface area contributed by atoms with Gasteiger partial charge in [0.05, 0.1) is 17.4 Å². The first-order valence-corrected chi connectivity index (χ1v) is 8.63. The van der Waals surface area contributed by atoms with Crippen LogP contribution in [0, 0.1) is 17.0 Å². The molecule has 0 saturated heterocycles. The molecule has 4 heterocycles. The number of nitro groups is 1. The quantitative estimate of drug-likeness (QED) is 0.296. The lowest BCUT2D eigenvalue weighted by Crippen LogP contribution is -2.09. The van der Waals surface area contributed by atoms with Crippen LogP contribution in [0.25, 0.3) is 15.9 Å². The first kappa shape index (κ1) is 17.0. The van der Waals surface area contributed by atoms with E-state index in [0.717, 1.165) is 10.9 Å². The molecule has 0 bridgehead atoms. The minimum Gasteiger partial charge on any atom is -0.465 e. The molecule has 12 heteroatoms. The van der Waals surface area contributed by atoms with Crippen molar-refractivity contribution in [1.29, 1.82) is 0 Å². The van der Waals surface area contributed by atoms with Gasteiger partial charge in [0.15, 0.2) is 11.5 Å². The number of nitrogens with zero attached hydrogens (tertiary/aromatic N) is 7. The molecule has 0 N–H and O–H groups in total. The number of fused-ring (bicyclic) bond motifs is 3. The molecular formula is C15H13N7O4S. The average Bonchev–Trinajstić information content (AvgIpc) is 3.36. The Hall–Kier alpha value is -3.41. The Kier molecular flexibility index (Phi) is 3.84. The van der Waals surface area contributed by atoms with E-state index in [2.05, 4.69) is 20.2 Å². The molecule has 0 saturated carbocycles. The van der Waals surface area contributed by atoms with Crippen molar-refractivity contribution in [2.75, 3.05) is 7.11 Å². The molecule has 27 heavy (non-hydrogen) atoms. The molecule has 1 unspecified atom stereocenters. The predicted octanol–water partition coefficient (Wildman–Crippen LogP) is 2.15. The van der Waals surface area contributed by atoms with E-state index >= 15 is 0 Å². The number of thiophene rings is 1. The fraction of sp³-hybridized carbons (Fsp3) is 0.267. The van der Waals surface area contributed by atoms with Crippen molar-refractivity contribution in [1.82, 2.24) is 29.4 Å². The first-order valence-electron chi connectivity index (χ1n) is 7.82. The molecule has 0 aliphatic heterocycles. The summed E-state index contributed by atoms with van der Waals surface area (Å²) in [6, 6.07) is -0.423. The SMILES string of the molecule is COC(=O)c1sc2ncn3nc(C(C)n4cc([N+](=O)[O-])cn4)nc3c2c1C. The van der Waals surface area contributed by atoms with Gasteiger partial charge in [0.1, 0.15) is 34.5 Å². The van der Waals surface area contributed by atoms with Crippen LogP contribution in [-0.2, 0) is 4.74 Å². The van der Waals surface area contributed by atoms with Crippen LogP contribution < -0.4 is 0 Å². The number of carbonyl (C=O) groups is 1. The van der Waals surface area contributed by atoms with Crippen molar-refractivity contribution in [3.8, 4) is 0 Å². The summed E-state index contributed by atoms with van der Waals surface area (Å²) in [5.74, 6) is -0.00174. The minimum absolute atomic E-state index is 0.105. The third-order valence-electron chi connectivity index (χ3n) is 4.22. The van der Waals surface area contributed by atoms with Crippen molar-refractivity contribution in [2.45, 2.75) is 19.9 Å². The maximum Gasteiger partial charge on any atom is 0.348 e. The second kappa shape index (κ2) is 6.09. The second-order valence-electron chi connectivity index (χ2n) is 5.82. The zero-order valence-electron chi connectivity index (χ0n) is 14.5. The third-order valence-corrected chi connectivity index (χ3v) is 5.40. The summed E-state index contributed by atoms with van der Waals surface area (Å²) < 4.78 is 7.77. The van der Waals surface area contributed by atoms with Crippen LogP contribution in [-0.4, -0.2) is 47.4 Å². The van der Waals surface area contributed by atoms with Crippen LogP contribution in [0.1, 0.15) is 34.0 Å². The molecule has 11 nitrogen and oxygen atoms in total. The van der Waals surface area contributed by atoms with Gasteiger partial charge in [-0.2, -0.15) is 5.10 Å². The molecule has 0 spiro atoms. The zero-order valence-corrected chi connectivity index (χ0v) is 15.3. The minimum atomic E-state index is -0.510. The van der Waals surface area contributed by atoms with Gasteiger partial charge in [-0.05, 0) is 19.4 Å². The molecule has 0 radical (unpaired) electrons. The van der Waals surface area contributed by atoms with Gasteiger partial charge in [0.25, 0.3) is 0 Å². The summed E-state index contributed by atoms with van der Waals surface area (Å²) >= 11 is 1.23. The highest BCUT2D eigenvalue weighted by atomic mass is 32.1. The number of rotatable bonds is 4. The summed E-state index contributed by atoms with van der Waals surface area (Å²) in [6.45, 7) is 3.60. The molecule has 4 rings (SSSR count). The first-order chi connectivity index (χ1) is 12.9. The third kappa shape index (κ3) is 2.61. The average molecular weight is 387 g/mol. The molecule has 0 aromatic carbocycles. The van der Waals surface area contributed by atoms with E-state index < -0.39 is 16.9 Å². The Labute approximate surface area is 155 Å². The van der Waals surface area contributed by atoms with Gasteiger partial charge in [-0.3, -0.25) is 14.8 Å². The van der Waals surface area contributed by atoms with Gasteiger partial charge in [0, 0.05) is 0 Å². The zero-order chi connectivity index (χ0) is 19.3. The molecule has 0 aliphatic rings. The van der Waals surface area contributed by atoms with Crippen LogP contribution in [0.2, 0.25) is 0 Å². The lowest BCUT2D eigenvalue weighted by Gasteiger charge is -2.05. The molecule has 4 aromatic heterocycles. The van der Waals surface area contributed by atoms with E-state index in [9.17, 15) is 14.9 Å². The number of esters is 1. The monoisotopic (exact) mass is 387 g/mol. The molecule has 0 fully saturated rings. The Morgan fingerprint density at radius 2 is 2.22 bits per heavy atom. The van der Waals surface area contributed by atoms with E-state index in [0.29, 0.717) is 21.2 Å². The molecular weight excluding hydrogens is 374 g/mol. The molecule has 0 amide bonds. The lowest BCUT2D eigenvalue weighted by molar-refractivity contribution is -0.385. The maximum atomic E-state index is 11.9. The summed E-state index contributed by atoms with van der Waals surface area (Å²) in [6.07, 6.45) is 4.02. The Morgan fingerprint density at radius 1 is 1.44 bits per heavy atom. The standard InChI is InChI=1S/C15H13N7O4S/c1-7-10-13-18-12(8(2)20-5-9(4-17-20)22(24)25)19-21(13)6-16-14(10)27-11(7)15(23)26-3/h4-6,8H,1-3H3. The van der Waals surface area contributed by atoms with Crippen LogP contribution in [0.15, 0.2) is 18.7 Å². The smallest absolute Gasteiger partial charge is 0.348 e.